The van der Waals surface area contributed by atoms with Gasteiger partial charge >= 0.3 is 0 Å². The average molecular weight is 311 g/mol. The van der Waals surface area contributed by atoms with Crippen LogP contribution in [0.4, 0.5) is 5.69 Å². The molecule has 0 aliphatic rings. The maximum atomic E-state index is 12.3. The lowest BCUT2D eigenvalue weighted by atomic mass is 10.1. The predicted octanol–water partition coefficient (Wildman–Crippen LogP) is 2.70. The first kappa shape index (κ1) is 17.2. The lowest BCUT2D eigenvalue weighted by molar-refractivity contribution is -0.117. The molecule has 3 N–H and O–H groups in total. The number of hydrogen-bond acceptors (Lipinski definition) is 3. The first-order valence-corrected chi connectivity index (χ1v) is 7.92. The molecule has 0 aromatic heterocycles. The number of aryl methyl sites for hydroxylation is 2. The van der Waals surface area contributed by atoms with Crippen LogP contribution < -0.4 is 11.1 Å². The molecule has 0 radical (unpaired) electrons. The summed E-state index contributed by atoms with van der Waals surface area (Å²) in [6, 6.07) is 16.1. The summed E-state index contributed by atoms with van der Waals surface area (Å²) in [6.07, 6.45) is 0. The van der Waals surface area contributed by atoms with E-state index >= 15 is 0 Å². The molecule has 0 bridgehead atoms. The fraction of sp³-hybridized carbons (Fsp3) is 0.316. The van der Waals surface area contributed by atoms with E-state index in [9.17, 15) is 4.79 Å². The molecule has 2 aromatic rings. The van der Waals surface area contributed by atoms with Crippen molar-refractivity contribution < 1.29 is 4.79 Å². The van der Waals surface area contributed by atoms with Gasteiger partial charge < -0.3 is 11.1 Å². The van der Waals surface area contributed by atoms with Crippen molar-refractivity contribution in [1.29, 1.82) is 0 Å². The SMILES string of the molecule is Cc1ccc(NC(=O)CN(CCN)Cc2ccccc2)cc1C. The van der Waals surface area contributed by atoms with Crippen LogP contribution in [0.25, 0.3) is 0 Å². The lowest BCUT2D eigenvalue weighted by Crippen LogP contribution is -2.36. The monoisotopic (exact) mass is 311 g/mol. The van der Waals surface area contributed by atoms with Gasteiger partial charge in [-0.05, 0) is 42.7 Å². The number of hydrogen-bond donors (Lipinski definition) is 2. The molecule has 2 rings (SSSR count). The van der Waals surface area contributed by atoms with E-state index in [0.717, 1.165) is 12.2 Å². The minimum Gasteiger partial charge on any atom is -0.329 e. The Bertz CT molecular complexity index is 640. The van der Waals surface area contributed by atoms with E-state index in [1.807, 2.05) is 43.3 Å². The number of amides is 1. The summed E-state index contributed by atoms with van der Waals surface area (Å²) in [5.74, 6) is -0.0161. The minimum atomic E-state index is -0.0161. The van der Waals surface area contributed by atoms with Gasteiger partial charge in [0.15, 0.2) is 0 Å². The molecular formula is C19H25N3O. The van der Waals surface area contributed by atoms with Crippen LogP contribution in [0.1, 0.15) is 16.7 Å². The quantitative estimate of drug-likeness (QED) is 0.826. The molecule has 23 heavy (non-hydrogen) atoms. The number of nitrogens with zero attached hydrogens (tertiary/aromatic N) is 1. The van der Waals surface area contributed by atoms with Gasteiger partial charge in [-0.25, -0.2) is 0 Å². The molecule has 122 valence electrons. The van der Waals surface area contributed by atoms with Gasteiger partial charge in [-0.3, -0.25) is 9.69 Å². The maximum Gasteiger partial charge on any atom is 0.238 e. The number of rotatable bonds is 7. The molecule has 0 fully saturated rings. The van der Waals surface area contributed by atoms with Gasteiger partial charge in [0.1, 0.15) is 0 Å². The van der Waals surface area contributed by atoms with Crippen molar-refractivity contribution in [2.24, 2.45) is 5.73 Å². The molecule has 4 nitrogen and oxygen atoms in total. The molecule has 0 spiro atoms. The van der Waals surface area contributed by atoms with Crippen LogP contribution in [0.5, 0.6) is 0 Å². The van der Waals surface area contributed by atoms with Crippen LogP contribution in [-0.2, 0) is 11.3 Å². The first-order valence-electron chi connectivity index (χ1n) is 7.92. The Morgan fingerprint density at radius 1 is 1.09 bits per heavy atom. The summed E-state index contributed by atoms with van der Waals surface area (Å²) >= 11 is 0. The highest BCUT2D eigenvalue weighted by Gasteiger charge is 2.11. The Hall–Kier alpha value is -2.17. The van der Waals surface area contributed by atoms with E-state index in [0.29, 0.717) is 19.6 Å². The average Bonchev–Trinajstić information content (AvgIpc) is 2.52. The fourth-order valence-electron chi connectivity index (χ4n) is 2.46. The standard InChI is InChI=1S/C19H25N3O/c1-15-8-9-18(12-16(15)2)21-19(23)14-22(11-10-20)13-17-6-4-3-5-7-17/h3-9,12H,10-11,13-14,20H2,1-2H3,(H,21,23). The highest BCUT2D eigenvalue weighted by atomic mass is 16.2. The summed E-state index contributed by atoms with van der Waals surface area (Å²) < 4.78 is 0. The van der Waals surface area contributed by atoms with Crippen LogP contribution in [0.3, 0.4) is 0 Å². The molecule has 0 saturated heterocycles. The third-order valence-electron chi connectivity index (χ3n) is 3.85. The molecule has 4 heteroatoms. The molecule has 1 amide bonds. The second-order valence-corrected chi connectivity index (χ2v) is 5.83. The van der Waals surface area contributed by atoms with Crippen LogP contribution in [0, 0.1) is 13.8 Å². The van der Waals surface area contributed by atoms with E-state index in [2.05, 4.69) is 29.3 Å². The summed E-state index contributed by atoms with van der Waals surface area (Å²) in [6.45, 7) is 6.38. The van der Waals surface area contributed by atoms with Crippen molar-refractivity contribution in [2.75, 3.05) is 25.0 Å². The topological polar surface area (TPSA) is 58.4 Å². The fourth-order valence-corrected chi connectivity index (χ4v) is 2.46. The summed E-state index contributed by atoms with van der Waals surface area (Å²) in [7, 11) is 0. The molecule has 0 unspecified atom stereocenters. The highest BCUT2D eigenvalue weighted by Crippen LogP contribution is 2.14. The predicted molar refractivity (Wildman–Crippen MR) is 95.3 cm³/mol. The molecule has 0 aliphatic carbocycles. The van der Waals surface area contributed by atoms with Gasteiger partial charge in [-0.15, -0.1) is 0 Å². The molecule has 0 heterocycles. The van der Waals surface area contributed by atoms with Gasteiger partial charge in [0.25, 0.3) is 0 Å². The Morgan fingerprint density at radius 3 is 2.48 bits per heavy atom. The van der Waals surface area contributed by atoms with Crippen LogP contribution in [0.15, 0.2) is 48.5 Å². The Labute approximate surface area is 138 Å². The third kappa shape index (κ3) is 5.51. The maximum absolute atomic E-state index is 12.3. The van der Waals surface area contributed by atoms with Crippen LogP contribution in [0.2, 0.25) is 0 Å². The number of anilines is 1. The number of carbonyl (C=O) groups excluding carboxylic acids is 1. The zero-order valence-corrected chi connectivity index (χ0v) is 13.9. The minimum absolute atomic E-state index is 0.0161. The van der Waals surface area contributed by atoms with Crippen molar-refractivity contribution in [3.05, 3.63) is 65.2 Å². The molecule has 0 atom stereocenters. The second-order valence-electron chi connectivity index (χ2n) is 5.83. The largest absolute Gasteiger partial charge is 0.329 e. The zero-order valence-electron chi connectivity index (χ0n) is 13.9. The van der Waals surface area contributed by atoms with E-state index in [1.54, 1.807) is 0 Å². The van der Waals surface area contributed by atoms with Gasteiger partial charge in [-0.2, -0.15) is 0 Å². The lowest BCUT2D eigenvalue weighted by Gasteiger charge is -2.21. The van der Waals surface area contributed by atoms with Crippen molar-refractivity contribution in [2.45, 2.75) is 20.4 Å². The highest BCUT2D eigenvalue weighted by molar-refractivity contribution is 5.92. The molecule has 0 aliphatic heterocycles. The van der Waals surface area contributed by atoms with E-state index in [4.69, 9.17) is 5.73 Å². The van der Waals surface area contributed by atoms with Crippen molar-refractivity contribution in [1.82, 2.24) is 4.90 Å². The number of carbonyl (C=O) groups is 1. The number of nitrogens with two attached hydrogens (primary N) is 1. The van der Waals surface area contributed by atoms with Crippen molar-refractivity contribution in [3.63, 3.8) is 0 Å². The van der Waals surface area contributed by atoms with Gasteiger partial charge in [0.05, 0.1) is 6.54 Å². The van der Waals surface area contributed by atoms with Crippen molar-refractivity contribution in [3.8, 4) is 0 Å². The zero-order chi connectivity index (χ0) is 16.7. The number of benzene rings is 2. The second kappa shape index (κ2) is 8.46. The van der Waals surface area contributed by atoms with Gasteiger partial charge in [0, 0.05) is 25.3 Å². The Balaban J connectivity index is 1.95. The molecule has 0 saturated carbocycles. The van der Waals surface area contributed by atoms with E-state index in [1.165, 1.54) is 16.7 Å². The van der Waals surface area contributed by atoms with Gasteiger partial charge in [-0.1, -0.05) is 36.4 Å². The summed E-state index contributed by atoms with van der Waals surface area (Å²) in [5, 5.41) is 2.96. The van der Waals surface area contributed by atoms with Crippen LogP contribution >= 0.6 is 0 Å². The van der Waals surface area contributed by atoms with E-state index in [-0.39, 0.29) is 5.91 Å². The van der Waals surface area contributed by atoms with Crippen molar-refractivity contribution >= 4 is 11.6 Å². The third-order valence-corrected chi connectivity index (χ3v) is 3.85. The smallest absolute Gasteiger partial charge is 0.238 e. The molecular weight excluding hydrogens is 286 g/mol. The first-order chi connectivity index (χ1) is 11.1. The number of nitrogens with one attached hydrogen (secondary N) is 1. The summed E-state index contributed by atoms with van der Waals surface area (Å²) in [4.78, 5) is 14.4. The normalized spacial score (nSPS) is 10.8. The Morgan fingerprint density at radius 2 is 1.83 bits per heavy atom. The molecule has 2 aromatic carbocycles. The van der Waals surface area contributed by atoms with E-state index < -0.39 is 0 Å². The Kier molecular flexibility index (Phi) is 6.32. The van der Waals surface area contributed by atoms with Crippen LogP contribution in [-0.4, -0.2) is 30.4 Å². The van der Waals surface area contributed by atoms with Gasteiger partial charge in [0.2, 0.25) is 5.91 Å². The summed E-state index contributed by atoms with van der Waals surface area (Å²) in [5.41, 5.74) is 10.1.